The predicted molar refractivity (Wildman–Crippen MR) is 114 cm³/mol. The van der Waals surface area contributed by atoms with E-state index >= 15 is 0 Å². The SMILES string of the molecule is COC(=O)c1ccc(CN2CCN(CC(=O)Nc3cccc(C)c3C)CC2)cc1. The second-order valence-electron chi connectivity index (χ2n) is 7.54. The van der Waals surface area contributed by atoms with E-state index in [9.17, 15) is 9.59 Å². The Balaban J connectivity index is 1.45. The average molecular weight is 396 g/mol. The zero-order valence-corrected chi connectivity index (χ0v) is 17.4. The molecule has 1 heterocycles. The van der Waals surface area contributed by atoms with Gasteiger partial charge in [-0.1, -0.05) is 24.3 Å². The first-order valence-corrected chi connectivity index (χ1v) is 9.94. The van der Waals surface area contributed by atoms with Crippen molar-refractivity contribution in [2.24, 2.45) is 0 Å². The van der Waals surface area contributed by atoms with E-state index in [1.54, 1.807) is 12.1 Å². The molecule has 2 aromatic rings. The summed E-state index contributed by atoms with van der Waals surface area (Å²) in [4.78, 5) is 28.5. The second kappa shape index (κ2) is 9.67. The Morgan fingerprint density at radius 3 is 2.28 bits per heavy atom. The number of nitrogens with one attached hydrogen (secondary N) is 1. The molecule has 1 aliphatic rings. The van der Waals surface area contributed by atoms with Crippen molar-refractivity contribution < 1.29 is 14.3 Å². The molecule has 6 nitrogen and oxygen atoms in total. The van der Waals surface area contributed by atoms with Gasteiger partial charge >= 0.3 is 5.97 Å². The van der Waals surface area contributed by atoms with Gasteiger partial charge in [0.15, 0.2) is 0 Å². The highest BCUT2D eigenvalue weighted by atomic mass is 16.5. The number of carbonyl (C=O) groups excluding carboxylic acids is 2. The molecule has 0 saturated carbocycles. The maximum atomic E-state index is 12.4. The Bertz CT molecular complexity index is 856. The molecule has 0 spiro atoms. The summed E-state index contributed by atoms with van der Waals surface area (Å²) >= 11 is 0. The van der Waals surface area contributed by atoms with Gasteiger partial charge in [0.2, 0.25) is 5.91 Å². The number of piperazine rings is 1. The van der Waals surface area contributed by atoms with Crippen molar-refractivity contribution in [2.45, 2.75) is 20.4 Å². The summed E-state index contributed by atoms with van der Waals surface area (Å²) < 4.78 is 4.73. The summed E-state index contributed by atoms with van der Waals surface area (Å²) in [5.41, 5.74) is 4.92. The van der Waals surface area contributed by atoms with E-state index in [0.717, 1.165) is 44.0 Å². The lowest BCUT2D eigenvalue weighted by molar-refractivity contribution is -0.117. The van der Waals surface area contributed by atoms with Gasteiger partial charge in [0.1, 0.15) is 0 Å². The van der Waals surface area contributed by atoms with Crippen LogP contribution < -0.4 is 5.32 Å². The molecule has 0 radical (unpaired) electrons. The van der Waals surface area contributed by atoms with Crippen molar-refractivity contribution in [3.63, 3.8) is 0 Å². The van der Waals surface area contributed by atoms with E-state index in [2.05, 4.69) is 15.1 Å². The molecule has 2 aromatic carbocycles. The van der Waals surface area contributed by atoms with E-state index < -0.39 is 0 Å². The first kappa shape index (κ1) is 21.0. The molecule has 154 valence electrons. The predicted octanol–water partition coefficient (Wildman–Crippen LogP) is 2.85. The van der Waals surface area contributed by atoms with Crippen LogP contribution in [0.5, 0.6) is 0 Å². The van der Waals surface area contributed by atoms with E-state index in [0.29, 0.717) is 12.1 Å². The maximum absolute atomic E-state index is 12.4. The minimum Gasteiger partial charge on any atom is -0.465 e. The van der Waals surface area contributed by atoms with Crippen LogP contribution in [-0.2, 0) is 16.1 Å². The first-order chi connectivity index (χ1) is 14.0. The molecule has 1 aliphatic heterocycles. The van der Waals surface area contributed by atoms with E-state index in [4.69, 9.17) is 4.74 Å². The fourth-order valence-electron chi connectivity index (χ4n) is 3.51. The number of amides is 1. The molecule has 3 rings (SSSR count). The standard InChI is InChI=1S/C23H29N3O3/c1-17-5-4-6-21(18(17)2)24-22(27)16-26-13-11-25(12-14-26)15-19-7-9-20(10-8-19)23(28)29-3/h4-10H,11-16H2,1-3H3,(H,24,27). The normalized spacial score (nSPS) is 15.1. The molecule has 6 heteroatoms. The number of rotatable bonds is 6. The summed E-state index contributed by atoms with van der Waals surface area (Å²) in [6.45, 7) is 8.87. The Labute approximate surface area is 172 Å². The number of methoxy groups -OCH3 is 1. The molecule has 0 unspecified atom stereocenters. The molecule has 1 amide bonds. The zero-order valence-electron chi connectivity index (χ0n) is 17.4. The van der Waals surface area contributed by atoms with E-state index in [1.807, 2.05) is 44.2 Å². The molecule has 29 heavy (non-hydrogen) atoms. The Kier molecular flexibility index (Phi) is 7.01. The Hall–Kier alpha value is -2.70. The number of benzene rings is 2. The number of hydrogen-bond donors (Lipinski definition) is 1. The lowest BCUT2D eigenvalue weighted by atomic mass is 10.1. The van der Waals surface area contributed by atoms with Crippen molar-refractivity contribution in [3.8, 4) is 0 Å². The number of carbonyl (C=O) groups is 2. The van der Waals surface area contributed by atoms with Crippen LogP contribution in [-0.4, -0.2) is 61.5 Å². The number of ether oxygens (including phenoxy) is 1. The van der Waals surface area contributed by atoms with Gasteiger partial charge in [0.25, 0.3) is 0 Å². The number of hydrogen-bond acceptors (Lipinski definition) is 5. The second-order valence-corrected chi connectivity index (χ2v) is 7.54. The molecule has 1 saturated heterocycles. The minimum absolute atomic E-state index is 0.0329. The van der Waals surface area contributed by atoms with Gasteiger partial charge in [-0.3, -0.25) is 14.6 Å². The highest BCUT2D eigenvalue weighted by Crippen LogP contribution is 2.18. The summed E-state index contributed by atoms with van der Waals surface area (Å²) in [7, 11) is 1.39. The zero-order chi connectivity index (χ0) is 20.8. The van der Waals surface area contributed by atoms with Crippen LogP contribution in [0.25, 0.3) is 0 Å². The highest BCUT2D eigenvalue weighted by Gasteiger charge is 2.19. The van der Waals surface area contributed by atoms with Gasteiger partial charge in [-0.15, -0.1) is 0 Å². The molecular formula is C23H29N3O3. The largest absolute Gasteiger partial charge is 0.465 e. The van der Waals surface area contributed by atoms with Crippen LogP contribution in [0.1, 0.15) is 27.0 Å². The van der Waals surface area contributed by atoms with Crippen LogP contribution in [0.15, 0.2) is 42.5 Å². The third kappa shape index (κ3) is 5.65. The quantitative estimate of drug-likeness (QED) is 0.762. The number of esters is 1. The van der Waals surface area contributed by atoms with Gasteiger partial charge in [-0.2, -0.15) is 0 Å². The van der Waals surface area contributed by atoms with Crippen molar-refractivity contribution in [1.29, 1.82) is 0 Å². The Morgan fingerprint density at radius 1 is 0.966 bits per heavy atom. The Morgan fingerprint density at radius 2 is 1.62 bits per heavy atom. The van der Waals surface area contributed by atoms with Gasteiger partial charge in [-0.25, -0.2) is 4.79 Å². The molecular weight excluding hydrogens is 366 g/mol. The lowest BCUT2D eigenvalue weighted by Gasteiger charge is -2.34. The van der Waals surface area contributed by atoms with Gasteiger partial charge < -0.3 is 10.1 Å². The molecule has 0 bridgehead atoms. The number of anilines is 1. The smallest absolute Gasteiger partial charge is 0.337 e. The van der Waals surface area contributed by atoms with Crippen LogP contribution in [0, 0.1) is 13.8 Å². The van der Waals surface area contributed by atoms with E-state index in [1.165, 1.54) is 18.2 Å². The molecule has 0 aromatic heterocycles. The van der Waals surface area contributed by atoms with Gasteiger partial charge in [0, 0.05) is 38.4 Å². The molecule has 1 N–H and O–H groups in total. The molecule has 0 aliphatic carbocycles. The summed E-state index contributed by atoms with van der Waals surface area (Å²) in [6.07, 6.45) is 0. The van der Waals surface area contributed by atoms with Crippen molar-refractivity contribution in [3.05, 3.63) is 64.7 Å². The third-order valence-corrected chi connectivity index (χ3v) is 5.49. The monoisotopic (exact) mass is 395 g/mol. The van der Waals surface area contributed by atoms with E-state index in [-0.39, 0.29) is 11.9 Å². The van der Waals surface area contributed by atoms with Crippen molar-refractivity contribution in [1.82, 2.24) is 9.80 Å². The molecule has 1 fully saturated rings. The topological polar surface area (TPSA) is 61.9 Å². The maximum Gasteiger partial charge on any atom is 0.337 e. The first-order valence-electron chi connectivity index (χ1n) is 9.94. The van der Waals surface area contributed by atoms with Gasteiger partial charge in [0.05, 0.1) is 19.2 Å². The average Bonchev–Trinajstić information content (AvgIpc) is 2.73. The third-order valence-electron chi connectivity index (χ3n) is 5.49. The number of nitrogens with zero attached hydrogens (tertiary/aromatic N) is 2. The van der Waals surface area contributed by atoms with Crippen LogP contribution in [0.3, 0.4) is 0 Å². The van der Waals surface area contributed by atoms with Crippen LogP contribution in [0.4, 0.5) is 5.69 Å². The summed E-state index contributed by atoms with van der Waals surface area (Å²) in [5.74, 6) is -0.283. The fourth-order valence-corrected chi connectivity index (χ4v) is 3.51. The van der Waals surface area contributed by atoms with Crippen LogP contribution in [0.2, 0.25) is 0 Å². The van der Waals surface area contributed by atoms with Gasteiger partial charge in [-0.05, 0) is 48.7 Å². The molecule has 0 atom stereocenters. The summed E-state index contributed by atoms with van der Waals surface area (Å²) in [5, 5.41) is 3.04. The number of aryl methyl sites for hydroxylation is 1. The highest BCUT2D eigenvalue weighted by molar-refractivity contribution is 5.93. The lowest BCUT2D eigenvalue weighted by Crippen LogP contribution is -2.48. The minimum atomic E-state index is -0.315. The summed E-state index contributed by atoms with van der Waals surface area (Å²) in [6, 6.07) is 13.5. The van der Waals surface area contributed by atoms with Crippen molar-refractivity contribution in [2.75, 3.05) is 45.2 Å². The van der Waals surface area contributed by atoms with Crippen LogP contribution >= 0.6 is 0 Å². The fraction of sp³-hybridized carbons (Fsp3) is 0.391. The van der Waals surface area contributed by atoms with Crippen molar-refractivity contribution >= 4 is 17.6 Å².